The topological polar surface area (TPSA) is 142 Å². The van der Waals surface area contributed by atoms with Gasteiger partial charge in [-0.25, -0.2) is 0 Å². The van der Waals surface area contributed by atoms with Crippen molar-refractivity contribution >= 4 is 38.0 Å². The molecular weight excluding hydrogens is 374 g/mol. The third-order valence-electron chi connectivity index (χ3n) is 3.89. The standard InChI is InChI=1S/C17H13N3O6S/c1-10-5-7-12(9-13(10)20(22)23)18-19-17-14(21)8-6-11-3-2-4-15(16(11)17)27(24,25)26/h2-9,21H,1H3,(H,24,25,26). The van der Waals surface area contributed by atoms with Crippen molar-refractivity contribution in [2.45, 2.75) is 11.8 Å². The summed E-state index contributed by atoms with van der Waals surface area (Å²) in [5.74, 6) is -0.357. The van der Waals surface area contributed by atoms with Crippen molar-refractivity contribution in [1.82, 2.24) is 0 Å². The molecule has 0 radical (unpaired) electrons. The maximum atomic E-state index is 11.7. The normalized spacial score (nSPS) is 11.9. The molecule has 0 aliphatic carbocycles. The molecule has 9 nitrogen and oxygen atoms in total. The summed E-state index contributed by atoms with van der Waals surface area (Å²) in [5, 5.41) is 29.3. The second kappa shape index (κ2) is 6.74. The van der Waals surface area contributed by atoms with Crippen LogP contribution in [0.3, 0.4) is 0 Å². The minimum Gasteiger partial charge on any atom is -0.506 e. The molecule has 0 aromatic heterocycles. The van der Waals surface area contributed by atoms with E-state index in [0.29, 0.717) is 10.9 Å². The molecule has 3 aromatic rings. The highest BCUT2D eigenvalue weighted by molar-refractivity contribution is 7.86. The van der Waals surface area contributed by atoms with Crippen molar-refractivity contribution in [3.63, 3.8) is 0 Å². The van der Waals surface area contributed by atoms with Gasteiger partial charge < -0.3 is 5.11 Å². The predicted octanol–water partition coefficient (Wildman–Crippen LogP) is 4.42. The Balaban J connectivity index is 2.21. The first-order chi connectivity index (χ1) is 12.7. The van der Waals surface area contributed by atoms with Gasteiger partial charge >= 0.3 is 0 Å². The van der Waals surface area contributed by atoms with E-state index in [1.54, 1.807) is 13.0 Å². The third kappa shape index (κ3) is 3.61. The second-order valence-corrected chi connectivity index (χ2v) is 7.08. The highest BCUT2D eigenvalue weighted by atomic mass is 32.2. The minimum atomic E-state index is -4.58. The van der Waals surface area contributed by atoms with E-state index in [9.17, 15) is 28.2 Å². The zero-order valence-corrected chi connectivity index (χ0v) is 14.7. The molecule has 0 aliphatic heterocycles. The Kier molecular flexibility index (Phi) is 4.60. The van der Waals surface area contributed by atoms with E-state index < -0.39 is 19.9 Å². The van der Waals surface area contributed by atoms with Crippen LogP contribution in [0.1, 0.15) is 5.56 Å². The van der Waals surface area contributed by atoms with E-state index in [4.69, 9.17) is 0 Å². The van der Waals surface area contributed by atoms with Crippen LogP contribution in [-0.4, -0.2) is 23.0 Å². The molecule has 10 heteroatoms. The lowest BCUT2D eigenvalue weighted by Gasteiger charge is -2.08. The average molecular weight is 387 g/mol. The lowest BCUT2D eigenvalue weighted by atomic mass is 10.1. The Morgan fingerprint density at radius 2 is 1.81 bits per heavy atom. The van der Waals surface area contributed by atoms with Crippen molar-refractivity contribution < 1.29 is 23.0 Å². The van der Waals surface area contributed by atoms with Gasteiger partial charge in [-0.3, -0.25) is 14.7 Å². The molecule has 2 N–H and O–H groups in total. The van der Waals surface area contributed by atoms with E-state index in [1.807, 2.05) is 0 Å². The molecule has 3 rings (SSSR count). The Morgan fingerprint density at radius 1 is 1.07 bits per heavy atom. The summed E-state index contributed by atoms with van der Waals surface area (Å²) < 4.78 is 32.8. The van der Waals surface area contributed by atoms with Crippen molar-refractivity contribution in [1.29, 1.82) is 0 Å². The SMILES string of the molecule is Cc1ccc(N=Nc2c(O)ccc3cccc(S(=O)(=O)O)c23)cc1[N+](=O)[O-]. The fourth-order valence-corrected chi connectivity index (χ4v) is 3.32. The first kappa shape index (κ1) is 18.4. The molecule has 0 amide bonds. The molecule has 3 aromatic carbocycles. The molecule has 138 valence electrons. The Hall–Kier alpha value is -3.37. The number of azo groups is 1. The van der Waals surface area contributed by atoms with Gasteiger partial charge in [-0.05, 0) is 30.5 Å². The summed E-state index contributed by atoms with van der Waals surface area (Å²) >= 11 is 0. The van der Waals surface area contributed by atoms with E-state index in [1.165, 1.54) is 42.5 Å². The quantitative estimate of drug-likeness (QED) is 0.293. The lowest BCUT2D eigenvalue weighted by molar-refractivity contribution is -0.385. The smallest absolute Gasteiger partial charge is 0.295 e. The maximum absolute atomic E-state index is 11.7. The summed E-state index contributed by atoms with van der Waals surface area (Å²) in [4.78, 5) is 10.0. The van der Waals surface area contributed by atoms with Gasteiger partial charge in [0.05, 0.1) is 10.6 Å². The molecule has 0 unspecified atom stereocenters. The van der Waals surface area contributed by atoms with Gasteiger partial charge in [0.2, 0.25) is 0 Å². The van der Waals surface area contributed by atoms with Crippen molar-refractivity contribution in [3.05, 3.63) is 64.2 Å². The monoisotopic (exact) mass is 387 g/mol. The summed E-state index contributed by atoms with van der Waals surface area (Å²) in [7, 11) is -4.58. The number of rotatable bonds is 4. The molecule has 0 bridgehead atoms. The number of benzene rings is 3. The van der Waals surface area contributed by atoms with Crippen LogP contribution in [-0.2, 0) is 10.1 Å². The number of nitrogens with zero attached hydrogens (tertiary/aromatic N) is 3. The summed E-state index contributed by atoms with van der Waals surface area (Å²) in [6, 6.07) is 11.2. The van der Waals surface area contributed by atoms with E-state index in [0.717, 1.165) is 0 Å². The molecular formula is C17H13N3O6S. The fourth-order valence-electron chi connectivity index (χ4n) is 2.60. The summed E-state index contributed by atoms with van der Waals surface area (Å²) in [6.45, 7) is 1.58. The van der Waals surface area contributed by atoms with Crippen molar-refractivity contribution in [2.24, 2.45) is 10.2 Å². The zero-order chi connectivity index (χ0) is 19.8. The molecule has 0 saturated heterocycles. The van der Waals surface area contributed by atoms with Crippen LogP contribution in [0.4, 0.5) is 17.1 Å². The maximum Gasteiger partial charge on any atom is 0.295 e. The molecule has 0 aliphatic rings. The first-order valence-electron chi connectivity index (χ1n) is 7.57. The molecule has 0 spiro atoms. The van der Waals surface area contributed by atoms with Crippen molar-refractivity contribution in [3.8, 4) is 5.75 Å². The van der Waals surface area contributed by atoms with Gasteiger partial charge in [-0.15, -0.1) is 5.11 Å². The van der Waals surface area contributed by atoms with E-state index in [-0.39, 0.29) is 28.2 Å². The van der Waals surface area contributed by atoms with Crippen LogP contribution >= 0.6 is 0 Å². The fraction of sp³-hybridized carbons (Fsp3) is 0.0588. The third-order valence-corrected chi connectivity index (χ3v) is 4.79. The van der Waals surface area contributed by atoms with Crippen LogP contribution < -0.4 is 0 Å². The number of nitro benzene ring substituents is 1. The van der Waals surface area contributed by atoms with Gasteiger partial charge in [0.1, 0.15) is 16.3 Å². The number of hydrogen-bond acceptors (Lipinski definition) is 7. The van der Waals surface area contributed by atoms with E-state index >= 15 is 0 Å². The molecule has 0 fully saturated rings. The molecule has 0 heterocycles. The Morgan fingerprint density at radius 3 is 2.48 bits per heavy atom. The summed E-state index contributed by atoms with van der Waals surface area (Å²) in [5.41, 5.74) is 0.268. The number of phenols is 1. The van der Waals surface area contributed by atoms with Crippen LogP contribution in [0.15, 0.2) is 63.7 Å². The average Bonchev–Trinajstić information content (AvgIpc) is 2.60. The van der Waals surface area contributed by atoms with Gasteiger partial charge in [0.25, 0.3) is 15.8 Å². The predicted molar refractivity (Wildman–Crippen MR) is 97.4 cm³/mol. The number of hydrogen-bond donors (Lipinski definition) is 2. The van der Waals surface area contributed by atoms with Crippen molar-refractivity contribution in [2.75, 3.05) is 0 Å². The number of aryl methyl sites for hydroxylation is 1. The van der Waals surface area contributed by atoms with E-state index in [2.05, 4.69) is 10.2 Å². The zero-order valence-electron chi connectivity index (χ0n) is 13.9. The second-order valence-electron chi connectivity index (χ2n) is 5.69. The lowest BCUT2D eigenvalue weighted by Crippen LogP contribution is -1.99. The van der Waals surface area contributed by atoms with Gasteiger partial charge in [0.15, 0.2) is 0 Å². The first-order valence-corrected chi connectivity index (χ1v) is 9.01. The molecule has 0 atom stereocenters. The van der Waals surface area contributed by atoms with Gasteiger partial charge in [-0.2, -0.15) is 13.5 Å². The highest BCUT2D eigenvalue weighted by Crippen LogP contribution is 2.39. The summed E-state index contributed by atoms with van der Waals surface area (Å²) in [6.07, 6.45) is 0. The minimum absolute atomic E-state index is 0.00892. The Labute approximate surface area is 153 Å². The van der Waals surface area contributed by atoms with Crippen LogP contribution in [0.25, 0.3) is 10.8 Å². The van der Waals surface area contributed by atoms with Gasteiger partial charge in [-0.1, -0.05) is 24.3 Å². The Bertz CT molecular complexity index is 1200. The number of aromatic hydroxyl groups is 1. The number of fused-ring (bicyclic) bond motifs is 1. The van der Waals surface area contributed by atoms with Crippen LogP contribution in [0.5, 0.6) is 5.75 Å². The molecule has 27 heavy (non-hydrogen) atoms. The van der Waals surface area contributed by atoms with Gasteiger partial charge in [0, 0.05) is 17.0 Å². The van der Waals surface area contributed by atoms with Crippen LogP contribution in [0.2, 0.25) is 0 Å². The van der Waals surface area contributed by atoms with Crippen LogP contribution in [0, 0.1) is 17.0 Å². The largest absolute Gasteiger partial charge is 0.506 e. The molecule has 0 saturated carbocycles. The highest BCUT2D eigenvalue weighted by Gasteiger charge is 2.19. The number of phenolic OH excluding ortho intramolecular Hbond substituents is 1. The number of nitro groups is 1.